The van der Waals surface area contributed by atoms with E-state index >= 15 is 0 Å². The van der Waals surface area contributed by atoms with E-state index in [1.54, 1.807) is 6.92 Å². The number of rotatable bonds is 3. The molecule has 1 saturated heterocycles. The fourth-order valence-electron chi connectivity index (χ4n) is 2.45. The number of para-hydroxylation sites is 1. The largest absolute Gasteiger partial charge is 0.473 e. The van der Waals surface area contributed by atoms with E-state index in [2.05, 4.69) is 10.2 Å². The molecule has 1 amide bonds. The van der Waals surface area contributed by atoms with Gasteiger partial charge in [-0.3, -0.25) is 9.69 Å². The Hall–Kier alpha value is -2.66. The number of amides is 1. The molecule has 1 fully saturated rings. The van der Waals surface area contributed by atoms with Crippen molar-refractivity contribution in [2.45, 2.75) is 19.1 Å². The molecule has 0 aromatic heterocycles. The fraction of sp³-hybridized carbons (Fsp3) is 0.471. The molecule has 2 rings (SSSR count). The van der Waals surface area contributed by atoms with E-state index in [0.29, 0.717) is 0 Å². The Kier molecular flexibility index (Phi) is 8.38. The summed E-state index contributed by atoms with van der Waals surface area (Å²) in [6, 6.07) is 4.57. The lowest BCUT2D eigenvalue weighted by Crippen LogP contribution is -2.51. The van der Waals surface area contributed by atoms with Crippen LogP contribution in [0.3, 0.4) is 0 Å². The topological polar surface area (TPSA) is 110 Å². The standard InChI is InChI=1S/C15H20F3N3O.C2H2O4/c1-11(21-9-7-20(2)8-10-21)14(22)19-13-6-4-3-5-12(13)15(16,17)18;3-1(4)2(5)6/h3-6,11H,7-10H2,1-2H3,(H,19,22);(H,3,4)(H,5,6). The number of likely N-dealkylation sites (N-methyl/N-ethyl adjacent to an activating group) is 1. The van der Waals surface area contributed by atoms with Gasteiger partial charge in [0.2, 0.25) is 5.91 Å². The van der Waals surface area contributed by atoms with Crippen LogP contribution in [0.25, 0.3) is 0 Å². The van der Waals surface area contributed by atoms with Crippen LogP contribution in [0, 0.1) is 0 Å². The minimum atomic E-state index is -4.49. The Morgan fingerprint density at radius 1 is 1.04 bits per heavy atom. The quantitative estimate of drug-likeness (QED) is 0.653. The van der Waals surface area contributed by atoms with Gasteiger partial charge in [-0.15, -0.1) is 0 Å². The molecule has 0 radical (unpaired) electrons. The molecule has 3 N–H and O–H groups in total. The van der Waals surface area contributed by atoms with Crippen LogP contribution in [-0.2, 0) is 20.6 Å². The fourth-order valence-corrected chi connectivity index (χ4v) is 2.45. The van der Waals surface area contributed by atoms with Gasteiger partial charge in [0.1, 0.15) is 0 Å². The molecule has 28 heavy (non-hydrogen) atoms. The van der Waals surface area contributed by atoms with Gasteiger partial charge < -0.3 is 20.4 Å². The Morgan fingerprint density at radius 3 is 2.00 bits per heavy atom. The highest BCUT2D eigenvalue weighted by Crippen LogP contribution is 2.34. The van der Waals surface area contributed by atoms with Gasteiger partial charge in [0, 0.05) is 26.2 Å². The van der Waals surface area contributed by atoms with Gasteiger partial charge in [0.25, 0.3) is 0 Å². The number of halogens is 3. The summed E-state index contributed by atoms with van der Waals surface area (Å²) in [5.74, 6) is -4.06. The molecular weight excluding hydrogens is 383 g/mol. The van der Waals surface area contributed by atoms with E-state index in [4.69, 9.17) is 19.8 Å². The molecule has 0 aliphatic carbocycles. The zero-order valence-corrected chi connectivity index (χ0v) is 15.4. The maximum Gasteiger partial charge on any atom is 0.418 e. The SMILES string of the molecule is CC(C(=O)Nc1ccccc1C(F)(F)F)N1CCN(C)CC1.O=C(O)C(=O)O. The van der Waals surface area contributed by atoms with Crippen molar-refractivity contribution in [1.29, 1.82) is 0 Å². The Bertz CT molecular complexity index is 692. The van der Waals surface area contributed by atoms with Crippen molar-refractivity contribution >= 4 is 23.5 Å². The van der Waals surface area contributed by atoms with Crippen molar-refractivity contribution in [2.24, 2.45) is 0 Å². The summed E-state index contributed by atoms with van der Waals surface area (Å²) in [5, 5.41) is 17.2. The van der Waals surface area contributed by atoms with E-state index in [1.165, 1.54) is 18.2 Å². The lowest BCUT2D eigenvalue weighted by molar-refractivity contribution is -0.159. The summed E-state index contributed by atoms with van der Waals surface area (Å²) in [6.45, 7) is 4.86. The van der Waals surface area contributed by atoms with Crippen molar-refractivity contribution in [2.75, 3.05) is 38.5 Å². The van der Waals surface area contributed by atoms with Crippen LogP contribution in [0.2, 0.25) is 0 Å². The van der Waals surface area contributed by atoms with Gasteiger partial charge in [0.05, 0.1) is 17.3 Å². The second kappa shape index (κ2) is 10.0. The summed E-state index contributed by atoms with van der Waals surface area (Å²) in [5.41, 5.74) is -1.02. The van der Waals surface area contributed by atoms with Crippen molar-refractivity contribution < 1.29 is 37.8 Å². The zero-order chi connectivity index (χ0) is 21.5. The molecular formula is C17H22F3N3O5. The van der Waals surface area contributed by atoms with Gasteiger partial charge in [-0.05, 0) is 26.1 Å². The molecule has 11 heteroatoms. The lowest BCUT2D eigenvalue weighted by Gasteiger charge is -2.35. The van der Waals surface area contributed by atoms with E-state index in [9.17, 15) is 18.0 Å². The first-order valence-electron chi connectivity index (χ1n) is 8.29. The van der Waals surface area contributed by atoms with E-state index in [0.717, 1.165) is 32.2 Å². The monoisotopic (exact) mass is 405 g/mol. The smallest absolute Gasteiger partial charge is 0.418 e. The molecule has 1 heterocycles. The van der Waals surface area contributed by atoms with Gasteiger partial charge in [-0.25, -0.2) is 9.59 Å². The molecule has 0 bridgehead atoms. The molecule has 1 unspecified atom stereocenters. The minimum absolute atomic E-state index is 0.194. The molecule has 0 saturated carbocycles. The highest BCUT2D eigenvalue weighted by molar-refractivity contribution is 6.27. The molecule has 1 atom stereocenters. The lowest BCUT2D eigenvalue weighted by atomic mass is 10.1. The number of hydrogen-bond donors (Lipinski definition) is 3. The molecule has 1 aliphatic heterocycles. The Balaban J connectivity index is 0.000000568. The summed E-state index contributed by atoms with van der Waals surface area (Å²) >= 11 is 0. The average molecular weight is 405 g/mol. The van der Waals surface area contributed by atoms with Crippen LogP contribution in [0.1, 0.15) is 12.5 Å². The van der Waals surface area contributed by atoms with Crippen LogP contribution < -0.4 is 5.32 Å². The third-order valence-electron chi connectivity index (χ3n) is 4.14. The van der Waals surface area contributed by atoms with Gasteiger partial charge in [-0.2, -0.15) is 13.2 Å². The van der Waals surface area contributed by atoms with Gasteiger partial charge in [-0.1, -0.05) is 12.1 Å². The summed E-state index contributed by atoms with van der Waals surface area (Å²) in [6.07, 6.45) is -4.49. The van der Waals surface area contributed by atoms with Gasteiger partial charge in [0.15, 0.2) is 0 Å². The third kappa shape index (κ3) is 7.16. The number of carboxylic acid groups (broad SMARTS) is 2. The molecule has 1 aromatic rings. The summed E-state index contributed by atoms with van der Waals surface area (Å²) < 4.78 is 38.8. The normalized spacial score (nSPS) is 16.5. The van der Waals surface area contributed by atoms with Crippen molar-refractivity contribution in [3.63, 3.8) is 0 Å². The predicted octanol–water partition coefficient (Wildman–Crippen LogP) is 1.44. The van der Waals surface area contributed by atoms with Crippen molar-refractivity contribution in [3.05, 3.63) is 29.8 Å². The number of carboxylic acids is 2. The van der Waals surface area contributed by atoms with Crippen molar-refractivity contribution in [1.82, 2.24) is 9.80 Å². The zero-order valence-electron chi connectivity index (χ0n) is 15.4. The Morgan fingerprint density at radius 2 is 1.54 bits per heavy atom. The number of aliphatic carboxylic acids is 2. The van der Waals surface area contributed by atoms with E-state index in [1.807, 2.05) is 11.9 Å². The number of benzene rings is 1. The Labute approximate surface area is 159 Å². The molecule has 1 aromatic carbocycles. The second-order valence-electron chi connectivity index (χ2n) is 6.16. The second-order valence-corrected chi connectivity index (χ2v) is 6.16. The summed E-state index contributed by atoms with van der Waals surface area (Å²) in [7, 11) is 2.00. The number of nitrogens with zero attached hydrogens (tertiary/aromatic N) is 2. The highest BCUT2D eigenvalue weighted by atomic mass is 19.4. The molecule has 156 valence electrons. The van der Waals surface area contributed by atoms with Crippen molar-refractivity contribution in [3.8, 4) is 0 Å². The molecule has 1 aliphatic rings. The van der Waals surface area contributed by atoms with Crippen LogP contribution in [0.15, 0.2) is 24.3 Å². The number of nitrogens with one attached hydrogen (secondary N) is 1. The van der Waals surface area contributed by atoms with Gasteiger partial charge >= 0.3 is 18.1 Å². The van der Waals surface area contributed by atoms with E-state index in [-0.39, 0.29) is 5.69 Å². The van der Waals surface area contributed by atoms with Crippen LogP contribution in [0.5, 0.6) is 0 Å². The maximum atomic E-state index is 12.9. The third-order valence-corrected chi connectivity index (χ3v) is 4.14. The number of hydrogen-bond acceptors (Lipinski definition) is 5. The van der Waals surface area contributed by atoms with Crippen LogP contribution in [0.4, 0.5) is 18.9 Å². The number of alkyl halides is 3. The average Bonchev–Trinajstić information content (AvgIpc) is 2.61. The minimum Gasteiger partial charge on any atom is -0.473 e. The first-order chi connectivity index (χ1) is 12.9. The number of carbonyl (C=O) groups excluding carboxylic acids is 1. The van der Waals surface area contributed by atoms with Crippen LogP contribution >= 0.6 is 0 Å². The van der Waals surface area contributed by atoms with E-state index < -0.39 is 35.6 Å². The molecule has 0 spiro atoms. The number of piperazine rings is 1. The summed E-state index contributed by atoms with van der Waals surface area (Å²) in [4.78, 5) is 34.6. The molecule has 8 nitrogen and oxygen atoms in total. The number of anilines is 1. The number of carbonyl (C=O) groups is 3. The maximum absolute atomic E-state index is 12.9. The first-order valence-corrected chi connectivity index (χ1v) is 8.29. The van der Waals surface area contributed by atoms with Crippen LogP contribution in [-0.4, -0.2) is 77.1 Å². The predicted molar refractivity (Wildman–Crippen MR) is 93.9 cm³/mol. The highest BCUT2D eigenvalue weighted by Gasteiger charge is 2.34. The first kappa shape index (κ1) is 23.4.